The van der Waals surface area contributed by atoms with Crippen LogP contribution in [0.25, 0.3) is 0 Å². The first-order valence-corrected chi connectivity index (χ1v) is 9.74. The molecule has 4 N–H and O–H groups in total. The molecule has 7 nitrogen and oxygen atoms in total. The van der Waals surface area contributed by atoms with Crippen molar-refractivity contribution < 1.29 is 19.1 Å². The first kappa shape index (κ1) is 22.5. The number of carbonyl (C=O) groups excluding carboxylic acids is 2. The first-order valence-electron chi connectivity index (χ1n) is 9.74. The SMILES string of the molecule is Cl.NC(C(=O)NCCc1ccc(OCC(=O)NC2CC2)cc1)C1CCOCC1. The predicted octanol–water partition coefficient (Wildman–Crippen LogP) is 1.18. The molecule has 1 saturated heterocycles. The van der Waals surface area contributed by atoms with Gasteiger partial charge >= 0.3 is 0 Å². The molecule has 156 valence electrons. The molecule has 1 saturated carbocycles. The number of rotatable bonds is 9. The zero-order valence-electron chi connectivity index (χ0n) is 16.0. The Kier molecular flexibility index (Phi) is 9.02. The molecule has 2 aliphatic rings. The van der Waals surface area contributed by atoms with Crippen LogP contribution in [-0.2, 0) is 20.7 Å². The maximum absolute atomic E-state index is 12.2. The lowest BCUT2D eigenvalue weighted by Gasteiger charge is -2.26. The topological polar surface area (TPSA) is 103 Å². The molecular formula is C20H30ClN3O4. The van der Waals surface area contributed by atoms with Crippen molar-refractivity contribution in [3.05, 3.63) is 29.8 Å². The van der Waals surface area contributed by atoms with Crippen LogP contribution in [0.5, 0.6) is 5.75 Å². The van der Waals surface area contributed by atoms with Gasteiger partial charge in [0.05, 0.1) is 6.04 Å². The van der Waals surface area contributed by atoms with Crippen molar-refractivity contribution in [1.82, 2.24) is 10.6 Å². The van der Waals surface area contributed by atoms with Crippen molar-refractivity contribution in [2.24, 2.45) is 11.7 Å². The first-order chi connectivity index (χ1) is 13.1. The Morgan fingerprint density at radius 1 is 1.14 bits per heavy atom. The third-order valence-electron chi connectivity index (χ3n) is 5.03. The molecule has 2 amide bonds. The van der Waals surface area contributed by atoms with E-state index in [-0.39, 0.29) is 36.7 Å². The summed E-state index contributed by atoms with van der Waals surface area (Å²) in [5.74, 6) is 0.691. The monoisotopic (exact) mass is 411 g/mol. The van der Waals surface area contributed by atoms with E-state index in [1.165, 1.54) is 0 Å². The highest BCUT2D eigenvalue weighted by Crippen LogP contribution is 2.19. The minimum absolute atomic E-state index is 0. The fourth-order valence-electron chi connectivity index (χ4n) is 3.14. The number of carbonyl (C=O) groups is 2. The lowest BCUT2D eigenvalue weighted by atomic mass is 9.92. The van der Waals surface area contributed by atoms with E-state index in [2.05, 4.69) is 10.6 Å². The van der Waals surface area contributed by atoms with E-state index >= 15 is 0 Å². The number of nitrogens with one attached hydrogen (secondary N) is 2. The van der Waals surface area contributed by atoms with Gasteiger partial charge in [0.2, 0.25) is 5.91 Å². The van der Waals surface area contributed by atoms with Gasteiger partial charge in [0.1, 0.15) is 5.75 Å². The second-order valence-corrected chi connectivity index (χ2v) is 7.29. The predicted molar refractivity (Wildman–Crippen MR) is 109 cm³/mol. The van der Waals surface area contributed by atoms with Crippen LogP contribution >= 0.6 is 12.4 Å². The Morgan fingerprint density at radius 2 is 1.82 bits per heavy atom. The second kappa shape index (κ2) is 11.2. The minimum atomic E-state index is -0.466. The van der Waals surface area contributed by atoms with Crippen molar-refractivity contribution >= 4 is 24.2 Å². The zero-order chi connectivity index (χ0) is 19.1. The molecule has 1 aromatic carbocycles. The Balaban J connectivity index is 0.00000280. The number of ether oxygens (including phenoxy) is 2. The van der Waals surface area contributed by atoms with Gasteiger partial charge < -0.3 is 25.8 Å². The number of halogens is 1. The molecule has 1 aromatic rings. The van der Waals surface area contributed by atoms with Crippen LogP contribution in [0.1, 0.15) is 31.2 Å². The van der Waals surface area contributed by atoms with E-state index in [1.54, 1.807) is 0 Å². The summed E-state index contributed by atoms with van der Waals surface area (Å²) in [6.45, 7) is 1.94. The molecule has 8 heteroatoms. The van der Waals surface area contributed by atoms with Crippen molar-refractivity contribution in [2.75, 3.05) is 26.4 Å². The third-order valence-corrected chi connectivity index (χ3v) is 5.03. The molecule has 1 aliphatic heterocycles. The number of hydrogen-bond donors (Lipinski definition) is 3. The van der Waals surface area contributed by atoms with Crippen LogP contribution in [0.2, 0.25) is 0 Å². The Bertz CT molecular complexity index is 631. The summed E-state index contributed by atoms with van der Waals surface area (Å²) < 4.78 is 10.8. The molecular weight excluding hydrogens is 382 g/mol. The highest BCUT2D eigenvalue weighted by molar-refractivity contribution is 5.85. The van der Waals surface area contributed by atoms with Gasteiger partial charge in [0.25, 0.3) is 5.91 Å². The van der Waals surface area contributed by atoms with Crippen LogP contribution < -0.4 is 21.1 Å². The van der Waals surface area contributed by atoms with Crippen LogP contribution in [0.4, 0.5) is 0 Å². The van der Waals surface area contributed by atoms with Gasteiger partial charge in [-0.25, -0.2) is 0 Å². The maximum Gasteiger partial charge on any atom is 0.258 e. The Morgan fingerprint density at radius 3 is 2.46 bits per heavy atom. The average Bonchev–Trinajstić information content (AvgIpc) is 3.51. The van der Waals surface area contributed by atoms with Gasteiger partial charge in [-0.15, -0.1) is 12.4 Å². The lowest BCUT2D eigenvalue weighted by Crippen LogP contribution is -2.47. The second-order valence-electron chi connectivity index (χ2n) is 7.29. The quantitative estimate of drug-likeness (QED) is 0.566. The van der Waals surface area contributed by atoms with Crippen LogP contribution in [0.15, 0.2) is 24.3 Å². The number of nitrogens with two attached hydrogens (primary N) is 1. The molecule has 0 bridgehead atoms. The number of hydrogen-bond acceptors (Lipinski definition) is 5. The molecule has 1 aliphatic carbocycles. The highest BCUT2D eigenvalue weighted by Gasteiger charge is 2.26. The molecule has 3 rings (SSSR count). The van der Waals surface area contributed by atoms with Crippen molar-refractivity contribution in [1.29, 1.82) is 0 Å². The molecule has 0 spiro atoms. The fourth-order valence-corrected chi connectivity index (χ4v) is 3.14. The van der Waals surface area contributed by atoms with Crippen LogP contribution in [-0.4, -0.2) is 50.3 Å². The van der Waals surface area contributed by atoms with E-state index in [4.69, 9.17) is 15.2 Å². The van der Waals surface area contributed by atoms with Crippen molar-refractivity contribution in [3.8, 4) is 5.75 Å². The summed E-state index contributed by atoms with van der Waals surface area (Å²) in [6.07, 6.45) is 4.53. The zero-order valence-corrected chi connectivity index (χ0v) is 16.8. The highest BCUT2D eigenvalue weighted by atomic mass is 35.5. The smallest absolute Gasteiger partial charge is 0.258 e. The van der Waals surface area contributed by atoms with E-state index in [0.717, 1.165) is 31.2 Å². The van der Waals surface area contributed by atoms with E-state index in [1.807, 2.05) is 24.3 Å². The summed E-state index contributed by atoms with van der Waals surface area (Å²) in [7, 11) is 0. The van der Waals surface area contributed by atoms with E-state index < -0.39 is 6.04 Å². The van der Waals surface area contributed by atoms with Crippen LogP contribution in [0, 0.1) is 5.92 Å². The number of amides is 2. The Labute approximate surface area is 172 Å². The van der Waals surface area contributed by atoms with Gasteiger partial charge in [-0.3, -0.25) is 9.59 Å². The summed E-state index contributed by atoms with van der Waals surface area (Å²) in [4.78, 5) is 23.8. The van der Waals surface area contributed by atoms with E-state index in [9.17, 15) is 9.59 Å². The lowest BCUT2D eigenvalue weighted by molar-refractivity contribution is -0.124. The molecule has 1 heterocycles. The Hall–Kier alpha value is -1.83. The standard InChI is InChI=1S/C20H29N3O4.ClH/c21-19(15-8-11-26-12-9-15)20(25)22-10-7-14-1-5-17(6-2-14)27-13-18(24)23-16-3-4-16;/h1-2,5-6,15-16,19H,3-4,7-13,21H2,(H,22,25)(H,23,24);1H. The molecule has 28 heavy (non-hydrogen) atoms. The van der Waals surface area contributed by atoms with Crippen molar-refractivity contribution in [3.63, 3.8) is 0 Å². The van der Waals surface area contributed by atoms with Gasteiger partial charge in [-0.1, -0.05) is 12.1 Å². The largest absolute Gasteiger partial charge is 0.484 e. The number of benzene rings is 1. The van der Waals surface area contributed by atoms with Crippen LogP contribution in [0.3, 0.4) is 0 Å². The van der Waals surface area contributed by atoms with Gasteiger partial charge in [0.15, 0.2) is 6.61 Å². The molecule has 2 fully saturated rings. The molecule has 1 atom stereocenters. The summed E-state index contributed by atoms with van der Waals surface area (Å²) in [5.41, 5.74) is 7.15. The molecule has 0 aromatic heterocycles. The van der Waals surface area contributed by atoms with Gasteiger partial charge in [0, 0.05) is 25.8 Å². The maximum atomic E-state index is 12.2. The fraction of sp³-hybridized carbons (Fsp3) is 0.600. The molecule has 1 unspecified atom stereocenters. The third kappa shape index (κ3) is 7.30. The normalized spacial score (nSPS) is 17.9. The van der Waals surface area contributed by atoms with Gasteiger partial charge in [-0.2, -0.15) is 0 Å². The summed E-state index contributed by atoms with van der Waals surface area (Å²) in [5, 5.41) is 5.80. The van der Waals surface area contributed by atoms with E-state index in [0.29, 0.717) is 38.0 Å². The van der Waals surface area contributed by atoms with Crippen molar-refractivity contribution in [2.45, 2.75) is 44.2 Å². The summed E-state index contributed by atoms with van der Waals surface area (Å²) >= 11 is 0. The molecule has 0 radical (unpaired) electrons. The minimum Gasteiger partial charge on any atom is -0.484 e. The van der Waals surface area contributed by atoms with Gasteiger partial charge in [-0.05, 0) is 55.7 Å². The summed E-state index contributed by atoms with van der Waals surface area (Å²) in [6, 6.07) is 7.45. The average molecular weight is 412 g/mol.